The van der Waals surface area contributed by atoms with Crippen molar-refractivity contribution in [3.63, 3.8) is 0 Å². The molecule has 0 aromatic carbocycles. The minimum Gasteiger partial charge on any atom is -1.00 e. The smallest absolute Gasteiger partial charge is 1.00 e. The van der Waals surface area contributed by atoms with Gasteiger partial charge in [-0.15, -0.1) is 32.9 Å². The minimum atomic E-state index is 0. The van der Waals surface area contributed by atoms with E-state index in [1.165, 1.54) is 289 Å². The summed E-state index contributed by atoms with van der Waals surface area (Å²) in [5, 5.41) is 0. The second kappa shape index (κ2) is 228. The van der Waals surface area contributed by atoms with Gasteiger partial charge in [0.25, 0.3) is 0 Å². The van der Waals surface area contributed by atoms with Crippen LogP contribution in [0, 0.1) is 0 Å². The zero-order valence-corrected chi connectivity index (χ0v) is 72.4. The number of rotatable bonds is 15. The van der Waals surface area contributed by atoms with Gasteiger partial charge in [0, 0.05) is 0 Å². The third-order valence-corrected chi connectivity index (χ3v) is 11.3. The van der Waals surface area contributed by atoms with E-state index in [9.17, 15) is 0 Å². The van der Waals surface area contributed by atoms with Gasteiger partial charge in [-0.05, 0) is 32.1 Å². The standard InChI is InChI=1S/10C6H12.5Al.15ClH.5H3N/c5*1-2-4-6-5-3-1;5*1-3-5-6-4-2;;;;;;;;;;;;;;;;;;;;;;;;;/h5*1-6H2;5*3H,1,4-6H2,2H3;;;;;;15*1H;5*1H3/q;;;;;;;;;;5*+3;;;;;;;;;;;;;;;;;;;;/p-15. The number of hydrogen-bond donors (Lipinski definition) is 5. The molecule has 0 spiro atoms. The Hall–Kier alpha value is 5.51. The van der Waals surface area contributed by atoms with Crippen LogP contribution in [0.15, 0.2) is 63.3 Å². The fraction of sp³-hybridized carbons (Fsp3) is 0.833. The van der Waals surface area contributed by atoms with E-state index < -0.39 is 0 Å². The fourth-order valence-corrected chi connectivity index (χ4v) is 7.05. The predicted molar refractivity (Wildman–Crippen MR) is 341 cm³/mol. The van der Waals surface area contributed by atoms with Crippen LogP contribution in [0.2, 0.25) is 0 Å². The molecule has 5 fully saturated rings. The van der Waals surface area contributed by atoms with Crippen LogP contribution in [0.5, 0.6) is 0 Å². The number of halogens is 15. The van der Waals surface area contributed by atoms with E-state index in [1.54, 1.807) is 0 Å². The van der Waals surface area contributed by atoms with E-state index in [4.69, 9.17) is 0 Å². The van der Waals surface area contributed by atoms with Gasteiger partial charge >= 0.3 is 86.8 Å². The molecule has 0 amide bonds. The van der Waals surface area contributed by atoms with Crippen LogP contribution in [-0.2, 0) is 0 Å². The molecular weight excluding hydrogens is 1460 g/mol. The van der Waals surface area contributed by atoms with Gasteiger partial charge < -0.3 is 217 Å². The Balaban J connectivity index is -0.0000000137. The minimum absolute atomic E-state index is 0. The summed E-state index contributed by atoms with van der Waals surface area (Å²) in [5.41, 5.74) is 0. The first-order valence-electron chi connectivity index (χ1n) is 27.6. The van der Waals surface area contributed by atoms with Crippen LogP contribution in [0.25, 0.3) is 0 Å². The first-order chi connectivity index (χ1) is 29.6. The molecule has 5 saturated carbocycles. The summed E-state index contributed by atoms with van der Waals surface area (Å²) >= 11 is 0. The van der Waals surface area contributed by atoms with E-state index in [-0.39, 0.29) is 304 Å². The van der Waals surface area contributed by atoms with E-state index >= 15 is 0 Å². The number of unbranched alkanes of at least 4 members (excludes halogenated alkanes) is 10. The average molecular weight is 1590 g/mol. The van der Waals surface area contributed by atoms with Crippen molar-refractivity contribution in [2.75, 3.05) is 0 Å². The molecule has 520 valence electrons. The Morgan fingerprint density at radius 2 is 0.235 bits per heavy atom. The molecule has 5 aliphatic carbocycles. The van der Waals surface area contributed by atoms with Gasteiger partial charge in [0.15, 0.2) is 0 Å². The molecule has 0 bridgehead atoms. The molecule has 85 heavy (non-hydrogen) atoms. The maximum Gasteiger partial charge on any atom is 3.00 e. The maximum atomic E-state index is 3.60. The molecule has 0 saturated heterocycles. The third kappa shape index (κ3) is 269. The van der Waals surface area contributed by atoms with Gasteiger partial charge in [-0.25, -0.2) is 0 Å². The monoisotopic (exact) mass is 1590 g/mol. The van der Waals surface area contributed by atoms with Crippen LogP contribution < -0.4 is 217 Å². The Labute approximate surface area is 682 Å². The molecule has 0 atom stereocenters. The summed E-state index contributed by atoms with van der Waals surface area (Å²) in [6, 6.07) is 0. The van der Waals surface area contributed by atoms with Crippen molar-refractivity contribution < 1.29 is 186 Å². The quantitative estimate of drug-likeness (QED) is 0.0622. The fourth-order valence-electron chi connectivity index (χ4n) is 7.05. The first-order valence-corrected chi connectivity index (χ1v) is 27.6. The molecule has 5 nitrogen and oxygen atoms in total. The van der Waals surface area contributed by atoms with Gasteiger partial charge in [0.05, 0.1) is 0 Å². The van der Waals surface area contributed by atoms with Crippen LogP contribution in [0.4, 0.5) is 0 Å². The summed E-state index contributed by atoms with van der Waals surface area (Å²) in [5.74, 6) is 0. The molecule has 0 aromatic rings. The van der Waals surface area contributed by atoms with Gasteiger partial charge in [0.1, 0.15) is 0 Å². The Bertz CT molecular complexity index is 591. The second-order valence-corrected chi connectivity index (χ2v) is 17.8. The molecule has 5 rings (SSSR count). The van der Waals surface area contributed by atoms with Crippen LogP contribution in [0.1, 0.15) is 324 Å². The van der Waals surface area contributed by atoms with Crippen molar-refractivity contribution in [2.24, 2.45) is 0 Å². The van der Waals surface area contributed by atoms with E-state index in [0.29, 0.717) is 0 Å². The van der Waals surface area contributed by atoms with Gasteiger partial charge in [-0.2, -0.15) is 0 Å². The predicted octanol–water partition coefficient (Wildman–Crippen LogP) is -22.5. The van der Waals surface area contributed by atoms with Crippen molar-refractivity contribution in [1.82, 2.24) is 30.8 Å². The topological polar surface area (TPSA) is 175 Å². The van der Waals surface area contributed by atoms with Crippen molar-refractivity contribution in [3.8, 4) is 0 Å². The Kier molecular flexibility index (Phi) is 530. The van der Waals surface area contributed by atoms with Gasteiger partial charge in [-0.1, -0.05) is 322 Å². The van der Waals surface area contributed by atoms with Gasteiger partial charge in [0.2, 0.25) is 0 Å². The zero-order chi connectivity index (χ0) is 45.4. The number of hydrogen-bond acceptors (Lipinski definition) is 5. The van der Waals surface area contributed by atoms with Crippen LogP contribution >= 0.6 is 0 Å². The van der Waals surface area contributed by atoms with Crippen LogP contribution in [0.3, 0.4) is 0 Å². The maximum absolute atomic E-state index is 3.60. The summed E-state index contributed by atoms with van der Waals surface area (Å²) in [6.45, 7) is 28.9. The zero-order valence-electron chi connectivity index (χ0n) is 55.3. The molecule has 0 aromatic heterocycles. The molecule has 0 heterocycles. The van der Waals surface area contributed by atoms with Crippen molar-refractivity contribution in [2.45, 2.75) is 324 Å². The molecule has 25 heteroatoms. The first kappa shape index (κ1) is 198. The normalized spacial score (nSPS) is 11.4. The average Bonchev–Trinajstić information content (AvgIpc) is 3.35. The van der Waals surface area contributed by atoms with Crippen molar-refractivity contribution in [1.29, 1.82) is 0 Å². The molecule has 15 N–H and O–H groups in total. The molecule has 5 aliphatic rings. The van der Waals surface area contributed by atoms with E-state index in [1.807, 2.05) is 30.4 Å². The number of allylic oxidation sites excluding steroid dienone is 5. The third-order valence-electron chi connectivity index (χ3n) is 11.3. The second-order valence-electron chi connectivity index (χ2n) is 17.8. The Morgan fingerprint density at radius 1 is 0.176 bits per heavy atom. The molecular formula is C60H135Al5Cl15N5. The molecule has 0 unspecified atom stereocenters. The summed E-state index contributed by atoms with van der Waals surface area (Å²) < 4.78 is 0. The van der Waals surface area contributed by atoms with E-state index in [0.717, 1.165) is 0 Å². The summed E-state index contributed by atoms with van der Waals surface area (Å²) in [6.07, 6.45) is 73.6. The SMILES string of the molecule is C1CCCCC1.C1CCCCC1.C1CCCCC1.C1CCCCC1.C1CCCCC1.C=CCCCC.C=CCCCC.C=CCCCC.C=CCCCC.C=CCCCC.N.N.N.N.N.[Al+3].[Al+3].[Al+3].[Al+3].[Al+3].[Cl-].[Cl-].[Cl-].[Cl-].[Cl-].[Cl-].[Cl-].[Cl-].[Cl-].[Cl-].[Cl-].[Cl-].[Cl-].[Cl-].[Cl-]. The van der Waals surface area contributed by atoms with Crippen molar-refractivity contribution in [3.05, 3.63) is 63.3 Å². The summed E-state index contributed by atoms with van der Waals surface area (Å²) in [4.78, 5) is 0. The molecule has 0 aliphatic heterocycles. The summed E-state index contributed by atoms with van der Waals surface area (Å²) in [7, 11) is 0. The Morgan fingerprint density at radius 3 is 0.259 bits per heavy atom. The van der Waals surface area contributed by atoms with Crippen molar-refractivity contribution >= 4 is 86.8 Å². The largest absolute Gasteiger partial charge is 3.00 e. The van der Waals surface area contributed by atoms with Gasteiger partial charge in [-0.3, -0.25) is 0 Å². The molecule has 0 radical (unpaired) electrons. The van der Waals surface area contributed by atoms with E-state index in [2.05, 4.69) is 67.5 Å². The van der Waals surface area contributed by atoms with Crippen LogP contribution in [-0.4, -0.2) is 86.8 Å².